The van der Waals surface area contributed by atoms with Crippen LogP contribution in [-0.2, 0) is 13.0 Å². The van der Waals surface area contributed by atoms with Gasteiger partial charge in [-0.3, -0.25) is 10.00 Å². The number of H-pyrrole nitrogens is 1. The highest BCUT2D eigenvalue weighted by Gasteiger charge is 2.23. The Balaban J connectivity index is 1.92. The van der Waals surface area contributed by atoms with Crippen LogP contribution >= 0.6 is 0 Å². The number of aromatic amines is 1. The fraction of sp³-hybridized carbons (Fsp3) is 0.550. The standard InChI is InChI=1S/C20H29N3O2/c1-5-10-23-11-9-17-16(13-23)20(22-21-17)15-7-8-18(25-14(3)4)19(12-15)24-6-2/h7-8,12,14H,5-6,9-11,13H2,1-4H3,(H,21,22). The second kappa shape index (κ2) is 7.91. The number of fused-ring (bicyclic) bond motifs is 1. The van der Waals surface area contributed by atoms with E-state index in [1.54, 1.807) is 0 Å². The highest BCUT2D eigenvalue weighted by atomic mass is 16.5. The first-order valence-electron chi connectivity index (χ1n) is 9.34. The van der Waals surface area contributed by atoms with Gasteiger partial charge in [0.25, 0.3) is 0 Å². The summed E-state index contributed by atoms with van der Waals surface area (Å²) in [5.74, 6) is 1.57. The fourth-order valence-corrected chi connectivity index (χ4v) is 3.37. The molecular formula is C20H29N3O2. The predicted molar refractivity (Wildman–Crippen MR) is 100 cm³/mol. The molecule has 0 amide bonds. The van der Waals surface area contributed by atoms with Crippen molar-refractivity contribution in [2.75, 3.05) is 19.7 Å². The summed E-state index contributed by atoms with van der Waals surface area (Å²) in [6.07, 6.45) is 2.33. The molecule has 5 nitrogen and oxygen atoms in total. The molecule has 0 saturated heterocycles. The van der Waals surface area contributed by atoms with E-state index in [0.717, 1.165) is 48.8 Å². The van der Waals surface area contributed by atoms with Crippen LogP contribution in [0.4, 0.5) is 0 Å². The second-order valence-electron chi connectivity index (χ2n) is 6.82. The van der Waals surface area contributed by atoms with E-state index in [2.05, 4.69) is 34.2 Å². The van der Waals surface area contributed by atoms with Gasteiger partial charge < -0.3 is 9.47 Å². The van der Waals surface area contributed by atoms with Gasteiger partial charge in [-0.15, -0.1) is 0 Å². The number of ether oxygens (including phenoxy) is 2. The lowest BCUT2D eigenvalue weighted by molar-refractivity contribution is 0.224. The van der Waals surface area contributed by atoms with E-state index in [4.69, 9.17) is 9.47 Å². The molecule has 1 aliphatic rings. The molecule has 1 aromatic heterocycles. The van der Waals surface area contributed by atoms with E-state index in [1.807, 2.05) is 26.8 Å². The fourth-order valence-electron chi connectivity index (χ4n) is 3.37. The van der Waals surface area contributed by atoms with Gasteiger partial charge in [0.05, 0.1) is 18.4 Å². The Labute approximate surface area is 150 Å². The minimum absolute atomic E-state index is 0.116. The zero-order chi connectivity index (χ0) is 17.8. The number of aromatic nitrogens is 2. The Kier molecular flexibility index (Phi) is 5.63. The van der Waals surface area contributed by atoms with Crippen molar-refractivity contribution in [3.63, 3.8) is 0 Å². The first kappa shape index (κ1) is 17.8. The SMILES string of the molecule is CCCN1CCc2[nH]nc(-c3ccc(OC(C)C)c(OCC)c3)c2C1. The number of nitrogens with zero attached hydrogens (tertiary/aromatic N) is 2. The lowest BCUT2D eigenvalue weighted by atomic mass is 10.0. The molecular weight excluding hydrogens is 314 g/mol. The molecule has 0 aliphatic carbocycles. The van der Waals surface area contributed by atoms with E-state index in [-0.39, 0.29) is 6.10 Å². The quantitative estimate of drug-likeness (QED) is 0.824. The van der Waals surface area contributed by atoms with Crippen molar-refractivity contribution >= 4 is 0 Å². The summed E-state index contributed by atoms with van der Waals surface area (Å²) >= 11 is 0. The number of hydrogen-bond donors (Lipinski definition) is 1. The van der Waals surface area contributed by atoms with Crippen LogP contribution in [0.5, 0.6) is 11.5 Å². The Bertz CT molecular complexity index is 709. The molecule has 0 spiro atoms. The molecule has 25 heavy (non-hydrogen) atoms. The zero-order valence-electron chi connectivity index (χ0n) is 15.8. The lowest BCUT2D eigenvalue weighted by Crippen LogP contribution is -2.31. The third-order valence-electron chi connectivity index (χ3n) is 4.43. The molecule has 1 N–H and O–H groups in total. The van der Waals surface area contributed by atoms with Crippen molar-refractivity contribution < 1.29 is 9.47 Å². The minimum atomic E-state index is 0.116. The minimum Gasteiger partial charge on any atom is -0.490 e. The molecule has 0 bridgehead atoms. The smallest absolute Gasteiger partial charge is 0.161 e. The summed E-state index contributed by atoms with van der Waals surface area (Å²) in [7, 11) is 0. The Morgan fingerprint density at radius 1 is 1.24 bits per heavy atom. The number of rotatable bonds is 7. The van der Waals surface area contributed by atoms with Crippen molar-refractivity contribution in [3.05, 3.63) is 29.5 Å². The van der Waals surface area contributed by atoms with Crippen LogP contribution in [0.2, 0.25) is 0 Å². The Hall–Kier alpha value is -2.01. The molecule has 2 aromatic rings. The Morgan fingerprint density at radius 3 is 2.80 bits per heavy atom. The van der Waals surface area contributed by atoms with Gasteiger partial charge in [0.2, 0.25) is 0 Å². The molecule has 1 aliphatic heterocycles. The summed E-state index contributed by atoms with van der Waals surface area (Å²) in [5.41, 5.74) is 4.70. The molecule has 3 rings (SSSR count). The average molecular weight is 343 g/mol. The van der Waals surface area contributed by atoms with Gasteiger partial charge in [-0.25, -0.2) is 0 Å². The highest BCUT2D eigenvalue weighted by molar-refractivity contribution is 5.68. The molecule has 0 saturated carbocycles. The van der Waals surface area contributed by atoms with E-state index < -0.39 is 0 Å². The third kappa shape index (κ3) is 3.98. The number of nitrogens with one attached hydrogen (secondary N) is 1. The topological polar surface area (TPSA) is 50.4 Å². The van der Waals surface area contributed by atoms with Gasteiger partial charge in [0.1, 0.15) is 0 Å². The first-order valence-corrected chi connectivity index (χ1v) is 9.34. The average Bonchev–Trinajstić information content (AvgIpc) is 3.00. The van der Waals surface area contributed by atoms with E-state index >= 15 is 0 Å². The van der Waals surface area contributed by atoms with Crippen LogP contribution in [0, 0.1) is 0 Å². The van der Waals surface area contributed by atoms with Crippen LogP contribution in [0.25, 0.3) is 11.3 Å². The van der Waals surface area contributed by atoms with Crippen molar-refractivity contribution in [2.24, 2.45) is 0 Å². The van der Waals surface area contributed by atoms with E-state index in [0.29, 0.717) is 6.61 Å². The summed E-state index contributed by atoms with van der Waals surface area (Å²) < 4.78 is 11.7. The highest BCUT2D eigenvalue weighted by Crippen LogP contribution is 2.35. The van der Waals surface area contributed by atoms with Crippen LogP contribution in [-0.4, -0.2) is 40.9 Å². The molecule has 2 heterocycles. The third-order valence-corrected chi connectivity index (χ3v) is 4.43. The van der Waals surface area contributed by atoms with Crippen molar-refractivity contribution in [3.8, 4) is 22.8 Å². The first-order chi connectivity index (χ1) is 12.1. The van der Waals surface area contributed by atoms with Crippen LogP contribution in [0.15, 0.2) is 18.2 Å². The van der Waals surface area contributed by atoms with Gasteiger partial charge in [-0.2, -0.15) is 5.10 Å². The van der Waals surface area contributed by atoms with Crippen LogP contribution < -0.4 is 9.47 Å². The second-order valence-corrected chi connectivity index (χ2v) is 6.82. The monoisotopic (exact) mass is 343 g/mol. The number of benzene rings is 1. The molecule has 136 valence electrons. The van der Waals surface area contributed by atoms with E-state index in [1.165, 1.54) is 17.7 Å². The lowest BCUT2D eigenvalue weighted by Gasteiger charge is -2.26. The molecule has 0 radical (unpaired) electrons. The maximum atomic E-state index is 5.87. The van der Waals surface area contributed by atoms with Crippen molar-refractivity contribution in [1.29, 1.82) is 0 Å². The molecule has 5 heteroatoms. The summed E-state index contributed by atoms with van der Waals surface area (Å²) in [4.78, 5) is 2.50. The van der Waals surface area contributed by atoms with Gasteiger partial charge in [0.15, 0.2) is 11.5 Å². The largest absolute Gasteiger partial charge is 0.490 e. The normalized spacial score (nSPS) is 14.6. The van der Waals surface area contributed by atoms with Gasteiger partial charge >= 0.3 is 0 Å². The Morgan fingerprint density at radius 2 is 2.08 bits per heavy atom. The molecule has 0 fully saturated rings. The maximum absolute atomic E-state index is 5.87. The molecule has 0 unspecified atom stereocenters. The molecule has 0 atom stereocenters. The van der Waals surface area contributed by atoms with E-state index in [9.17, 15) is 0 Å². The zero-order valence-corrected chi connectivity index (χ0v) is 15.8. The summed E-state index contributed by atoms with van der Waals surface area (Å²) in [6, 6.07) is 6.12. The summed E-state index contributed by atoms with van der Waals surface area (Å²) in [6.45, 7) is 12.1. The summed E-state index contributed by atoms with van der Waals surface area (Å²) in [5, 5.41) is 7.84. The predicted octanol–water partition coefficient (Wildman–Crippen LogP) is 4.03. The van der Waals surface area contributed by atoms with Crippen LogP contribution in [0.1, 0.15) is 45.4 Å². The maximum Gasteiger partial charge on any atom is 0.161 e. The molecule has 1 aromatic carbocycles. The van der Waals surface area contributed by atoms with Gasteiger partial charge in [0, 0.05) is 36.3 Å². The van der Waals surface area contributed by atoms with Crippen molar-refractivity contribution in [1.82, 2.24) is 15.1 Å². The number of hydrogen-bond acceptors (Lipinski definition) is 4. The van der Waals surface area contributed by atoms with Gasteiger partial charge in [-0.1, -0.05) is 6.92 Å². The van der Waals surface area contributed by atoms with Crippen LogP contribution in [0.3, 0.4) is 0 Å². The van der Waals surface area contributed by atoms with Crippen molar-refractivity contribution in [2.45, 2.75) is 53.2 Å². The van der Waals surface area contributed by atoms with Gasteiger partial charge in [-0.05, 0) is 51.9 Å².